The third kappa shape index (κ3) is 4.02. The van der Waals surface area contributed by atoms with E-state index in [0.717, 1.165) is 25.4 Å². The summed E-state index contributed by atoms with van der Waals surface area (Å²) in [6, 6.07) is 5.22. The second kappa shape index (κ2) is 7.84. The molecule has 0 aromatic heterocycles. The number of rotatable bonds is 7. The second-order valence-electron chi connectivity index (χ2n) is 9.82. The van der Waals surface area contributed by atoms with Crippen molar-refractivity contribution >= 4 is 17.5 Å². The SMILES string of the molecule is C=C(NC1CN(c2ccc(C3CCC(=O)NC3=O)c(F)c2)C1)OCC1CC2(CCC2)C1. The highest BCUT2D eigenvalue weighted by Gasteiger charge is 2.48. The van der Waals surface area contributed by atoms with E-state index in [1.54, 1.807) is 6.07 Å². The van der Waals surface area contributed by atoms with Gasteiger partial charge in [-0.2, -0.15) is 0 Å². The normalized spacial score (nSPS) is 25.3. The van der Waals surface area contributed by atoms with Gasteiger partial charge in [-0.25, -0.2) is 4.39 Å². The Balaban J connectivity index is 1.06. The van der Waals surface area contributed by atoms with Gasteiger partial charge in [0.05, 0.1) is 18.6 Å². The van der Waals surface area contributed by atoms with Crippen molar-refractivity contribution in [3.63, 3.8) is 0 Å². The van der Waals surface area contributed by atoms with Crippen molar-refractivity contribution in [2.24, 2.45) is 11.3 Å². The molecule has 1 spiro atoms. The number of carbonyl (C=O) groups is 2. The van der Waals surface area contributed by atoms with Crippen LogP contribution in [0.2, 0.25) is 0 Å². The van der Waals surface area contributed by atoms with Crippen molar-refractivity contribution in [1.82, 2.24) is 10.6 Å². The fourth-order valence-corrected chi connectivity index (χ4v) is 5.62. The van der Waals surface area contributed by atoms with Gasteiger partial charge in [0.15, 0.2) is 5.88 Å². The molecule has 0 radical (unpaired) electrons. The summed E-state index contributed by atoms with van der Waals surface area (Å²) in [5, 5.41) is 5.61. The van der Waals surface area contributed by atoms with Crippen LogP contribution >= 0.6 is 0 Å². The predicted octanol–water partition coefficient (Wildman–Crippen LogP) is 3.19. The summed E-state index contributed by atoms with van der Waals surface area (Å²) >= 11 is 0. The van der Waals surface area contributed by atoms with Crippen LogP contribution in [0.15, 0.2) is 30.7 Å². The first-order chi connectivity index (χ1) is 14.9. The molecule has 1 unspecified atom stereocenters. The molecule has 2 N–H and O–H groups in total. The number of piperidine rings is 1. The average Bonchev–Trinajstić information content (AvgIpc) is 2.62. The van der Waals surface area contributed by atoms with Crippen molar-refractivity contribution in [2.75, 3.05) is 24.6 Å². The molecule has 0 bridgehead atoms. The van der Waals surface area contributed by atoms with Crippen LogP contribution < -0.4 is 15.5 Å². The molecule has 166 valence electrons. The van der Waals surface area contributed by atoms with E-state index in [1.807, 2.05) is 6.07 Å². The number of ether oxygens (including phenoxy) is 1. The number of benzene rings is 1. The van der Waals surface area contributed by atoms with Gasteiger partial charge in [-0.1, -0.05) is 12.5 Å². The Morgan fingerprint density at radius 3 is 2.71 bits per heavy atom. The molecule has 2 amide bonds. The molecule has 1 aromatic rings. The highest BCUT2D eigenvalue weighted by Crippen LogP contribution is 2.58. The predicted molar refractivity (Wildman–Crippen MR) is 115 cm³/mol. The molecular formula is C24H30FN3O3. The molecule has 7 heteroatoms. The maximum atomic E-state index is 14.7. The largest absolute Gasteiger partial charge is 0.479 e. The standard InChI is InChI=1S/C24H30FN3O3/c1-15(31-14-16-10-24(11-16)7-2-8-24)26-17-12-28(13-17)18-3-4-19(21(25)9-18)20-5-6-22(29)27-23(20)30/h3-4,9,16-17,20,26H,1-2,5-8,10-14H2,(H,27,29,30). The van der Waals surface area contributed by atoms with E-state index < -0.39 is 17.6 Å². The van der Waals surface area contributed by atoms with E-state index in [2.05, 4.69) is 22.1 Å². The van der Waals surface area contributed by atoms with Crippen LogP contribution in [0, 0.1) is 17.2 Å². The number of anilines is 1. The van der Waals surface area contributed by atoms with Crippen LogP contribution in [-0.4, -0.2) is 37.6 Å². The Hall–Kier alpha value is -2.57. The molecule has 2 aliphatic carbocycles. The number of amides is 2. The smallest absolute Gasteiger partial charge is 0.234 e. The molecule has 2 aliphatic heterocycles. The van der Waals surface area contributed by atoms with Gasteiger partial charge in [0.1, 0.15) is 5.82 Å². The Kier molecular flexibility index (Phi) is 5.15. The number of hydrogen-bond donors (Lipinski definition) is 2. The number of halogens is 1. The van der Waals surface area contributed by atoms with E-state index in [-0.39, 0.29) is 18.4 Å². The van der Waals surface area contributed by atoms with E-state index in [9.17, 15) is 14.0 Å². The Labute approximate surface area is 182 Å². The molecule has 1 atom stereocenters. The minimum absolute atomic E-state index is 0.227. The minimum Gasteiger partial charge on any atom is -0.479 e. The monoisotopic (exact) mass is 427 g/mol. The summed E-state index contributed by atoms with van der Waals surface area (Å²) in [7, 11) is 0. The van der Waals surface area contributed by atoms with E-state index in [1.165, 1.54) is 38.2 Å². The van der Waals surface area contributed by atoms with Crippen molar-refractivity contribution in [1.29, 1.82) is 0 Å². The molecule has 4 fully saturated rings. The molecule has 2 heterocycles. The Morgan fingerprint density at radius 2 is 2.06 bits per heavy atom. The maximum absolute atomic E-state index is 14.7. The van der Waals surface area contributed by atoms with E-state index >= 15 is 0 Å². The molecule has 4 aliphatic rings. The van der Waals surface area contributed by atoms with Crippen LogP contribution in [0.3, 0.4) is 0 Å². The Morgan fingerprint density at radius 1 is 1.29 bits per heavy atom. The summed E-state index contributed by atoms with van der Waals surface area (Å²) < 4.78 is 20.5. The lowest BCUT2D eigenvalue weighted by atomic mass is 9.52. The third-order valence-electron chi connectivity index (χ3n) is 7.56. The van der Waals surface area contributed by atoms with Gasteiger partial charge in [-0.3, -0.25) is 14.9 Å². The van der Waals surface area contributed by atoms with Gasteiger partial charge in [0.2, 0.25) is 11.8 Å². The summed E-state index contributed by atoms with van der Waals surface area (Å²) in [5.41, 5.74) is 1.81. The van der Waals surface area contributed by atoms with Gasteiger partial charge in [0, 0.05) is 30.8 Å². The minimum atomic E-state index is -0.604. The van der Waals surface area contributed by atoms with Crippen LogP contribution in [-0.2, 0) is 14.3 Å². The van der Waals surface area contributed by atoms with Crippen molar-refractivity contribution < 1.29 is 18.7 Å². The molecule has 2 saturated carbocycles. The quantitative estimate of drug-likeness (QED) is 0.517. The number of hydrogen-bond acceptors (Lipinski definition) is 5. The number of nitrogens with one attached hydrogen (secondary N) is 2. The average molecular weight is 428 g/mol. The van der Waals surface area contributed by atoms with Crippen molar-refractivity contribution in [2.45, 2.75) is 56.9 Å². The summed E-state index contributed by atoms with van der Waals surface area (Å²) in [6.45, 7) is 6.22. The third-order valence-corrected chi connectivity index (χ3v) is 7.56. The lowest BCUT2D eigenvalue weighted by Gasteiger charge is -2.54. The summed E-state index contributed by atoms with van der Waals surface area (Å²) in [6.07, 6.45) is 7.38. The first-order valence-corrected chi connectivity index (χ1v) is 11.4. The fourth-order valence-electron chi connectivity index (χ4n) is 5.62. The molecule has 2 saturated heterocycles. The lowest BCUT2D eigenvalue weighted by molar-refractivity contribution is -0.134. The molecular weight excluding hydrogens is 397 g/mol. The van der Waals surface area contributed by atoms with Crippen molar-refractivity contribution in [3.05, 3.63) is 42.0 Å². The topological polar surface area (TPSA) is 70.7 Å². The lowest BCUT2D eigenvalue weighted by Crippen LogP contribution is -2.58. The van der Waals surface area contributed by atoms with Crippen molar-refractivity contribution in [3.8, 4) is 0 Å². The van der Waals surface area contributed by atoms with Crippen LogP contribution in [0.1, 0.15) is 56.4 Å². The molecule has 5 rings (SSSR count). The van der Waals surface area contributed by atoms with Crippen LogP contribution in [0.25, 0.3) is 0 Å². The molecule has 6 nitrogen and oxygen atoms in total. The first kappa shape index (κ1) is 20.3. The van der Waals surface area contributed by atoms with Crippen LogP contribution in [0.5, 0.6) is 0 Å². The zero-order valence-corrected chi connectivity index (χ0v) is 17.8. The second-order valence-corrected chi connectivity index (χ2v) is 9.82. The highest BCUT2D eigenvalue weighted by molar-refractivity contribution is 6.01. The number of nitrogens with zero attached hydrogens (tertiary/aromatic N) is 1. The Bertz CT molecular complexity index is 899. The van der Waals surface area contributed by atoms with Gasteiger partial charge in [0.25, 0.3) is 0 Å². The molecule has 1 aromatic carbocycles. The molecule has 31 heavy (non-hydrogen) atoms. The summed E-state index contributed by atoms with van der Waals surface area (Å²) in [4.78, 5) is 25.4. The van der Waals surface area contributed by atoms with Gasteiger partial charge < -0.3 is 15.0 Å². The first-order valence-electron chi connectivity index (χ1n) is 11.4. The van der Waals surface area contributed by atoms with Crippen LogP contribution in [0.4, 0.5) is 10.1 Å². The van der Waals surface area contributed by atoms with E-state index in [4.69, 9.17) is 4.74 Å². The zero-order valence-electron chi connectivity index (χ0n) is 17.8. The zero-order chi connectivity index (χ0) is 21.6. The van der Waals surface area contributed by atoms with E-state index in [0.29, 0.717) is 29.2 Å². The number of imide groups is 1. The summed E-state index contributed by atoms with van der Waals surface area (Å²) in [5.74, 6) is -0.424. The fraction of sp³-hybridized carbons (Fsp3) is 0.583. The number of carbonyl (C=O) groups excluding carboxylic acids is 2. The van der Waals surface area contributed by atoms with Gasteiger partial charge >= 0.3 is 0 Å². The van der Waals surface area contributed by atoms with Gasteiger partial charge in [-0.05, 0) is 62.1 Å². The van der Waals surface area contributed by atoms with Gasteiger partial charge in [-0.15, -0.1) is 0 Å². The highest BCUT2D eigenvalue weighted by atomic mass is 19.1. The maximum Gasteiger partial charge on any atom is 0.234 e.